The maximum atomic E-state index is 14.7. The summed E-state index contributed by atoms with van der Waals surface area (Å²) in [5, 5.41) is 0. The van der Waals surface area contributed by atoms with Crippen LogP contribution in [0.4, 0.5) is 13.2 Å². The Hall–Kier alpha value is -0.250. The van der Waals surface area contributed by atoms with Crippen LogP contribution in [-0.4, -0.2) is 31.2 Å². The first-order chi connectivity index (χ1) is 12.1. The van der Waals surface area contributed by atoms with Crippen LogP contribution < -0.4 is 0 Å². The molecule has 0 saturated heterocycles. The highest BCUT2D eigenvalue weighted by Crippen LogP contribution is 2.44. The maximum Gasteiger partial charge on any atom is 0.134 e. The average molecular weight is 363 g/mol. The predicted molar refractivity (Wildman–Crippen MR) is 97.0 cm³/mol. The highest BCUT2D eigenvalue weighted by Gasteiger charge is 2.45. The molecule has 7 unspecified atom stereocenters. The third-order valence-corrected chi connectivity index (χ3v) is 6.36. The number of ether oxygens (including phenoxy) is 1. The van der Waals surface area contributed by atoms with Gasteiger partial charge in [-0.25, -0.2) is 13.2 Å². The van der Waals surface area contributed by atoms with Crippen molar-refractivity contribution in [2.75, 3.05) is 6.61 Å². The fraction of sp³-hybridized carbons (Fsp3) is 1.00. The zero-order chi connectivity index (χ0) is 18.2. The van der Waals surface area contributed by atoms with Gasteiger partial charge in [0.25, 0.3) is 0 Å². The molecule has 0 N–H and O–H groups in total. The molecule has 25 heavy (non-hydrogen) atoms. The summed E-state index contributed by atoms with van der Waals surface area (Å²) in [6.07, 6.45) is 5.25. The van der Waals surface area contributed by atoms with Crippen molar-refractivity contribution in [2.24, 2.45) is 17.8 Å². The summed E-state index contributed by atoms with van der Waals surface area (Å²) < 4.78 is 49.3. The molecule has 7 atom stereocenters. The Labute approximate surface area is 152 Å². The predicted octanol–water partition coefficient (Wildman–Crippen LogP) is 6.59. The van der Waals surface area contributed by atoms with E-state index in [9.17, 15) is 13.2 Å². The van der Waals surface area contributed by atoms with Crippen LogP contribution in [0.25, 0.3) is 0 Å². The molecule has 0 spiro atoms. The van der Waals surface area contributed by atoms with E-state index in [0.29, 0.717) is 19.4 Å². The number of hydrogen-bond acceptors (Lipinski definition) is 1. The van der Waals surface area contributed by atoms with Gasteiger partial charge in [-0.05, 0) is 62.7 Å². The van der Waals surface area contributed by atoms with E-state index in [-0.39, 0.29) is 23.9 Å². The summed E-state index contributed by atoms with van der Waals surface area (Å²) >= 11 is 0. The van der Waals surface area contributed by atoms with E-state index in [1.54, 1.807) is 0 Å². The Morgan fingerprint density at radius 1 is 0.840 bits per heavy atom. The highest BCUT2D eigenvalue weighted by molar-refractivity contribution is 4.94. The molecule has 2 aliphatic rings. The van der Waals surface area contributed by atoms with Crippen molar-refractivity contribution in [2.45, 2.75) is 109 Å². The lowest BCUT2D eigenvalue weighted by Gasteiger charge is -2.42. The number of hydrogen-bond donors (Lipinski definition) is 0. The van der Waals surface area contributed by atoms with Crippen molar-refractivity contribution >= 4 is 0 Å². The van der Waals surface area contributed by atoms with Crippen molar-refractivity contribution in [3.05, 3.63) is 0 Å². The summed E-state index contributed by atoms with van der Waals surface area (Å²) in [6.45, 7) is 4.74. The second-order valence-corrected chi connectivity index (χ2v) is 8.24. The lowest BCUT2D eigenvalue weighted by atomic mass is 9.68. The van der Waals surface area contributed by atoms with E-state index in [2.05, 4.69) is 6.92 Å². The summed E-state index contributed by atoms with van der Waals surface area (Å²) in [5.41, 5.74) is 0. The van der Waals surface area contributed by atoms with Gasteiger partial charge in [0.15, 0.2) is 0 Å². The first kappa shape index (κ1) is 21.1. The van der Waals surface area contributed by atoms with Gasteiger partial charge in [-0.15, -0.1) is 0 Å². The minimum atomic E-state index is -1.41. The Bertz CT molecular complexity index is 365. The van der Waals surface area contributed by atoms with Gasteiger partial charge < -0.3 is 4.74 Å². The fourth-order valence-corrected chi connectivity index (χ4v) is 4.82. The molecular formula is C21H37F3O. The van der Waals surface area contributed by atoms with Gasteiger partial charge in [0.2, 0.25) is 0 Å². The van der Waals surface area contributed by atoms with Crippen LogP contribution in [0.3, 0.4) is 0 Å². The molecule has 0 aromatic rings. The van der Waals surface area contributed by atoms with E-state index in [4.69, 9.17) is 4.74 Å². The quantitative estimate of drug-likeness (QED) is 0.420. The van der Waals surface area contributed by atoms with Crippen LogP contribution in [-0.2, 0) is 4.74 Å². The molecule has 0 aromatic carbocycles. The minimum Gasteiger partial charge on any atom is -0.375 e. The van der Waals surface area contributed by atoms with Crippen LogP contribution in [0.15, 0.2) is 0 Å². The van der Waals surface area contributed by atoms with Crippen molar-refractivity contribution in [1.82, 2.24) is 0 Å². The summed E-state index contributed by atoms with van der Waals surface area (Å²) in [4.78, 5) is 0. The maximum absolute atomic E-state index is 14.7. The molecule has 2 saturated carbocycles. The minimum absolute atomic E-state index is 0.0224. The average Bonchev–Trinajstić information content (AvgIpc) is 2.61. The molecule has 0 amide bonds. The summed E-state index contributed by atoms with van der Waals surface area (Å²) in [6, 6.07) is 0. The Balaban J connectivity index is 1.80. The number of halogens is 3. The first-order valence-corrected chi connectivity index (χ1v) is 10.6. The molecule has 1 nitrogen and oxygen atoms in total. The van der Waals surface area contributed by atoms with Crippen molar-refractivity contribution < 1.29 is 17.9 Å². The van der Waals surface area contributed by atoms with E-state index in [1.165, 1.54) is 6.42 Å². The van der Waals surface area contributed by atoms with Gasteiger partial charge in [0, 0.05) is 6.61 Å². The molecule has 2 aliphatic carbocycles. The van der Waals surface area contributed by atoms with Gasteiger partial charge >= 0.3 is 0 Å². The molecule has 0 aromatic heterocycles. The van der Waals surface area contributed by atoms with Crippen molar-refractivity contribution in [3.63, 3.8) is 0 Å². The molecule has 0 bridgehead atoms. The third-order valence-electron chi connectivity index (χ3n) is 6.36. The monoisotopic (exact) mass is 362 g/mol. The molecule has 148 valence electrons. The topological polar surface area (TPSA) is 9.23 Å². The van der Waals surface area contributed by atoms with Gasteiger partial charge in [-0.2, -0.15) is 0 Å². The molecule has 0 radical (unpaired) electrons. The highest BCUT2D eigenvalue weighted by atomic mass is 19.2. The van der Waals surface area contributed by atoms with Crippen LogP contribution in [0.5, 0.6) is 0 Å². The lowest BCUT2D eigenvalue weighted by molar-refractivity contribution is -0.0657. The van der Waals surface area contributed by atoms with Gasteiger partial charge in [-0.1, -0.05) is 39.5 Å². The third kappa shape index (κ3) is 5.87. The molecule has 2 fully saturated rings. The van der Waals surface area contributed by atoms with E-state index >= 15 is 0 Å². The van der Waals surface area contributed by atoms with E-state index in [0.717, 1.165) is 51.4 Å². The van der Waals surface area contributed by atoms with Crippen LogP contribution >= 0.6 is 0 Å². The normalized spacial score (nSPS) is 39.5. The standard InChI is InChI=1S/C21H37F3O/c1-3-5-6-7-8-15-9-11-17(21(24)20(15)23)16-10-12-19(18(22)14-16)25-13-4-2/h15-21H,3-14H2,1-2H3. The van der Waals surface area contributed by atoms with Crippen LogP contribution in [0.2, 0.25) is 0 Å². The van der Waals surface area contributed by atoms with E-state index in [1.807, 2.05) is 6.92 Å². The first-order valence-electron chi connectivity index (χ1n) is 10.6. The molecule has 2 rings (SSSR count). The van der Waals surface area contributed by atoms with Crippen LogP contribution in [0.1, 0.15) is 84.5 Å². The molecule has 0 heterocycles. The Morgan fingerprint density at radius 3 is 2.32 bits per heavy atom. The van der Waals surface area contributed by atoms with Gasteiger partial charge in [0.05, 0.1) is 6.10 Å². The SMILES string of the molecule is CCCCCCC1CCC(C2CCC(OCCC)C(F)C2)C(F)C1F. The molecular weight excluding hydrogens is 325 g/mol. The fourth-order valence-electron chi connectivity index (χ4n) is 4.82. The molecule has 4 heteroatoms. The number of unbranched alkanes of at least 4 members (excludes halogenated alkanes) is 3. The second-order valence-electron chi connectivity index (χ2n) is 8.24. The Kier molecular flexibility index (Phi) is 9.09. The largest absolute Gasteiger partial charge is 0.375 e. The second kappa shape index (κ2) is 10.8. The number of rotatable bonds is 9. The smallest absolute Gasteiger partial charge is 0.134 e. The van der Waals surface area contributed by atoms with Crippen molar-refractivity contribution in [3.8, 4) is 0 Å². The van der Waals surface area contributed by atoms with Crippen molar-refractivity contribution in [1.29, 1.82) is 0 Å². The summed E-state index contributed by atoms with van der Waals surface area (Å²) in [5.74, 6) is -0.452. The summed E-state index contributed by atoms with van der Waals surface area (Å²) in [7, 11) is 0. The zero-order valence-electron chi connectivity index (χ0n) is 16.1. The Morgan fingerprint density at radius 2 is 1.64 bits per heavy atom. The molecule has 0 aliphatic heterocycles. The van der Waals surface area contributed by atoms with Gasteiger partial charge in [-0.3, -0.25) is 0 Å². The van der Waals surface area contributed by atoms with Gasteiger partial charge in [0.1, 0.15) is 18.5 Å². The lowest BCUT2D eigenvalue weighted by Crippen LogP contribution is -2.44. The number of alkyl halides is 3. The zero-order valence-corrected chi connectivity index (χ0v) is 16.1. The van der Waals surface area contributed by atoms with E-state index < -0.39 is 18.5 Å². The van der Waals surface area contributed by atoms with Crippen LogP contribution in [0, 0.1) is 17.8 Å².